The van der Waals surface area contributed by atoms with Crippen LogP contribution in [0.3, 0.4) is 0 Å². The van der Waals surface area contributed by atoms with Crippen LogP contribution < -0.4 is 5.32 Å². The number of hydrogen-bond acceptors (Lipinski definition) is 2. The third kappa shape index (κ3) is 3.95. The summed E-state index contributed by atoms with van der Waals surface area (Å²) in [6.07, 6.45) is 6.91. The molecular weight excluding hydrogens is 232 g/mol. The van der Waals surface area contributed by atoms with Crippen LogP contribution in [0.15, 0.2) is 0 Å². The van der Waals surface area contributed by atoms with Crippen LogP contribution in [-0.2, 0) is 0 Å². The Morgan fingerprint density at radius 2 is 1.79 bits per heavy atom. The molecule has 0 amide bonds. The summed E-state index contributed by atoms with van der Waals surface area (Å²) >= 11 is 0. The molecule has 1 saturated carbocycles. The van der Waals surface area contributed by atoms with E-state index in [1.807, 2.05) is 0 Å². The average Bonchev–Trinajstić information content (AvgIpc) is 2.33. The largest absolute Gasteiger partial charge is 0.311 e. The fraction of sp³-hybridized carbons (Fsp3) is 1.00. The number of hydrogen-bond donors (Lipinski definition) is 1. The molecule has 0 radical (unpaired) electrons. The molecule has 1 aliphatic carbocycles. The standard InChI is InChI=1S/C17H34N2/c1-12(2)16-7-6-13(3)10-17(16)18-15-8-9-19(5)14(4)11-15/h12-18H,6-11H2,1-5H3. The Bertz CT molecular complexity index is 276. The fourth-order valence-electron chi connectivity index (χ4n) is 4.14. The SMILES string of the molecule is CC1CCC(C(C)C)C(NC2CCN(C)C(C)C2)C1. The van der Waals surface area contributed by atoms with E-state index in [2.05, 4.69) is 45.0 Å². The van der Waals surface area contributed by atoms with Crippen LogP contribution in [0.2, 0.25) is 0 Å². The van der Waals surface area contributed by atoms with Crippen molar-refractivity contribution in [1.29, 1.82) is 0 Å². The third-order valence-electron chi connectivity index (χ3n) is 5.68. The van der Waals surface area contributed by atoms with Gasteiger partial charge in [0.15, 0.2) is 0 Å². The van der Waals surface area contributed by atoms with E-state index in [4.69, 9.17) is 0 Å². The molecule has 0 aromatic carbocycles. The van der Waals surface area contributed by atoms with Crippen LogP contribution in [0.1, 0.15) is 59.8 Å². The van der Waals surface area contributed by atoms with Crippen LogP contribution in [0.5, 0.6) is 0 Å². The lowest BCUT2D eigenvalue weighted by atomic mass is 9.73. The molecule has 0 bridgehead atoms. The van der Waals surface area contributed by atoms with Crippen LogP contribution in [0.25, 0.3) is 0 Å². The van der Waals surface area contributed by atoms with Gasteiger partial charge in [-0.1, -0.05) is 27.2 Å². The molecule has 2 nitrogen and oxygen atoms in total. The van der Waals surface area contributed by atoms with Gasteiger partial charge in [-0.05, 0) is 64.0 Å². The Morgan fingerprint density at radius 1 is 1.05 bits per heavy atom. The van der Waals surface area contributed by atoms with Gasteiger partial charge in [0.25, 0.3) is 0 Å². The first kappa shape index (κ1) is 15.3. The Kier molecular flexibility index (Phi) is 5.30. The lowest BCUT2D eigenvalue weighted by molar-refractivity contribution is 0.119. The highest BCUT2D eigenvalue weighted by atomic mass is 15.1. The number of piperidine rings is 1. The highest BCUT2D eigenvalue weighted by molar-refractivity contribution is 4.90. The number of likely N-dealkylation sites (tertiary alicyclic amines) is 1. The zero-order valence-corrected chi connectivity index (χ0v) is 13.7. The Morgan fingerprint density at radius 3 is 2.42 bits per heavy atom. The third-order valence-corrected chi connectivity index (χ3v) is 5.68. The van der Waals surface area contributed by atoms with Crippen molar-refractivity contribution in [3.63, 3.8) is 0 Å². The van der Waals surface area contributed by atoms with Crippen molar-refractivity contribution in [2.75, 3.05) is 13.6 Å². The summed E-state index contributed by atoms with van der Waals surface area (Å²) in [7, 11) is 2.26. The highest BCUT2D eigenvalue weighted by Crippen LogP contribution is 2.34. The second kappa shape index (κ2) is 6.58. The summed E-state index contributed by atoms with van der Waals surface area (Å²) in [4.78, 5) is 2.50. The van der Waals surface area contributed by atoms with E-state index in [-0.39, 0.29) is 0 Å². The Hall–Kier alpha value is -0.0800. The molecule has 2 heteroatoms. The highest BCUT2D eigenvalue weighted by Gasteiger charge is 2.33. The fourth-order valence-corrected chi connectivity index (χ4v) is 4.14. The molecule has 0 spiro atoms. The monoisotopic (exact) mass is 266 g/mol. The van der Waals surface area contributed by atoms with Crippen molar-refractivity contribution in [3.8, 4) is 0 Å². The summed E-state index contributed by atoms with van der Waals surface area (Å²) in [5, 5.41) is 4.04. The summed E-state index contributed by atoms with van der Waals surface area (Å²) in [5.41, 5.74) is 0. The minimum Gasteiger partial charge on any atom is -0.311 e. The molecule has 112 valence electrons. The number of rotatable bonds is 3. The summed E-state index contributed by atoms with van der Waals surface area (Å²) in [6.45, 7) is 10.9. The van der Waals surface area contributed by atoms with E-state index >= 15 is 0 Å². The number of nitrogens with zero attached hydrogens (tertiary/aromatic N) is 1. The molecule has 0 aromatic rings. The Labute approximate surface area is 120 Å². The predicted molar refractivity (Wildman–Crippen MR) is 83.4 cm³/mol. The average molecular weight is 266 g/mol. The van der Waals surface area contributed by atoms with Crippen LogP contribution in [-0.4, -0.2) is 36.6 Å². The van der Waals surface area contributed by atoms with Gasteiger partial charge in [0.05, 0.1) is 0 Å². The second-order valence-electron chi connectivity index (χ2n) is 7.65. The molecule has 19 heavy (non-hydrogen) atoms. The van der Waals surface area contributed by atoms with Crippen LogP contribution in [0, 0.1) is 17.8 Å². The van der Waals surface area contributed by atoms with Gasteiger partial charge in [-0.3, -0.25) is 0 Å². The first-order chi connectivity index (χ1) is 8.97. The molecule has 1 heterocycles. The van der Waals surface area contributed by atoms with Gasteiger partial charge in [-0.25, -0.2) is 0 Å². The zero-order valence-electron chi connectivity index (χ0n) is 13.7. The first-order valence-electron chi connectivity index (χ1n) is 8.43. The summed E-state index contributed by atoms with van der Waals surface area (Å²) in [5.74, 6) is 2.64. The van der Waals surface area contributed by atoms with Crippen LogP contribution >= 0.6 is 0 Å². The normalized spacial score (nSPS) is 41.7. The van der Waals surface area contributed by atoms with Gasteiger partial charge < -0.3 is 10.2 Å². The molecule has 1 N–H and O–H groups in total. The van der Waals surface area contributed by atoms with Crippen molar-refractivity contribution in [3.05, 3.63) is 0 Å². The maximum atomic E-state index is 4.04. The van der Waals surface area contributed by atoms with E-state index in [9.17, 15) is 0 Å². The van der Waals surface area contributed by atoms with Gasteiger partial charge in [-0.15, -0.1) is 0 Å². The van der Waals surface area contributed by atoms with Crippen molar-refractivity contribution in [2.45, 2.75) is 77.9 Å². The predicted octanol–water partition coefficient (Wildman–Crippen LogP) is 3.52. The molecule has 5 atom stereocenters. The van der Waals surface area contributed by atoms with E-state index in [1.54, 1.807) is 0 Å². The maximum absolute atomic E-state index is 4.04. The molecule has 0 aromatic heterocycles. The molecule has 2 fully saturated rings. The lowest BCUT2D eigenvalue weighted by Crippen LogP contribution is -2.52. The van der Waals surface area contributed by atoms with Crippen molar-refractivity contribution in [1.82, 2.24) is 10.2 Å². The van der Waals surface area contributed by atoms with E-state index in [1.165, 1.54) is 38.6 Å². The number of nitrogens with one attached hydrogen (secondary N) is 1. The lowest BCUT2D eigenvalue weighted by Gasteiger charge is -2.43. The van der Waals surface area contributed by atoms with Crippen LogP contribution in [0.4, 0.5) is 0 Å². The molecule has 2 aliphatic rings. The molecular formula is C17H34N2. The van der Waals surface area contributed by atoms with Gasteiger partial charge >= 0.3 is 0 Å². The molecule has 1 saturated heterocycles. The quantitative estimate of drug-likeness (QED) is 0.841. The van der Waals surface area contributed by atoms with Gasteiger partial charge in [0.2, 0.25) is 0 Å². The maximum Gasteiger partial charge on any atom is 0.0103 e. The zero-order chi connectivity index (χ0) is 14.0. The summed E-state index contributed by atoms with van der Waals surface area (Å²) in [6, 6.07) is 2.26. The molecule has 2 rings (SSSR count). The van der Waals surface area contributed by atoms with Gasteiger partial charge in [0, 0.05) is 18.1 Å². The topological polar surface area (TPSA) is 15.3 Å². The molecule has 1 aliphatic heterocycles. The minimum absolute atomic E-state index is 0.741. The molecule has 5 unspecified atom stereocenters. The van der Waals surface area contributed by atoms with Crippen molar-refractivity contribution >= 4 is 0 Å². The van der Waals surface area contributed by atoms with Crippen molar-refractivity contribution < 1.29 is 0 Å². The summed E-state index contributed by atoms with van der Waals surface area (Å²) < 4.78 is 0. The van der Waals surface area contributed by atoms with Gasteiger partial charge in [0.1, 0.15) is 0 Å². The second-order valence-corrected chi connectivity index (χ2v) is 7.65. The van der Waals surface area contributed by atoms with Gasteiger partial charge in [-0.2, -0.15) is 0 Å². The van der Waals surface area contributed by atoms with E-state index in [0.717, 1.165) is 35.9 Å². The van der Waals surface area contributed by atoms with Crippen molar-refractivity contribution in [2.24, 2.45) is 17.8 Å². The Balaban J connectivity index is 1.91. The van der Waals surface area contributed by atoms with E-state index in [0.29, 0.717) is 0 Å². The van der Waals surface area contributed by atoms with E-state index < -0.39 is 0 Å². The smallest absolute Gasteiger partial charge is 0.0103 e. The minimum atomic E-state index is 0.741. The first-order valence-corrected chi connectivity index (χ1v) is 8.43.